The van der Waals surface area contributed by atoms with E-state index in [2.05, 4.69) is 4.90 Å². The van der Waals surface area contributed by atoms with Gasteiger partial charge in [0.1, 0.15) is 5.60 Å². The van der Waals surface area contributed by atoms with Gasteiger partial charge in [-0.3, -0.25) is 4.79 Å². The molecular weight excluding hydrogens is 354 g/mol. The molecule has 0 aromatic heterocycles. The van der Waals surface area contributed by atoms with Gasteiger partial charge in [0, 0.05) is 39.1 Å². The van der Waals surface area contributed by atoms with Crippen LogP contribution in [0, 0.1) is 0 Å². The summed E-state index contributed by atoms with van der Waals surface area (Å²) in [4.78, 5) is 30.2. The van der Waals surface area contributed by atoms with Crippen LogP contribution in [-0.4, -0.2) is 60.6 Å². The molecule has 0 spiro atoms. The summed E-state index contributed by atoms with van der Waals surface area (Å²) >= 11 is 6.16. The fourth-order valence-electron chi connectivity index (χ4n) is 3.31. The predicted molar refractivity (Wildman–Crippen MR) is 103 cm³/mol. The summed E-state index contributed by atoms with van der Waals surface area (Å²) in [6.07, 6.45) is 0.104. The molecule has 2 aliphatic rings. The first-order valence-electron chi connectivity index (χ1n) is 9.01. The van der Waals surface area contributed by atoms with Gasteiger partial charge in [-0.2, -0.15) is 0 Å². The zero-order valence-electron chi connectivity index (χ0n) is 15.6. The summed E-state index contributed by atoms with van der Waals surface area (Å²) in [6.45, 7) is 8.73. The topological polar surface area (TPSA) is 53.1 Å². The first-order valence-corrected chi connectivity index (χ1v) is 9.44. The number of anilines is 2. The van der Waals surface area contributed by atoms with Gasteiger partial charge in [0.25, 0.3) is 0 Å². The Balaban J connectivity index is 1.69. The number of hydrogen-bond donors (Lipinski definition) is 0. The molecule has 26 heavy (non-hydrogen) atoms. The van der Waals surface area contributed by atoms with Crippen molar-refractivity contribution in [3.63, 3.8) is 0 Å². The molecule has 0 N–H and O–H groups in total. The SMILES string of the molecule is CC(C)(C)OC(=O)N1CCN(c2ccccc2N2CC(Cl)CC2=O)CC1. The fraction of sp³-hybridized carbons (Fsp3) is 0.579. The minimum absolute atomic E-state index is 0.0600. The molecule has 2 fully saturated rings. The Morgan fingerprint density at radius 2 is 1.73 bits per heavy atom. The lowest BCUT2D eigenvalue weighted by Crippen LogP contribution is -2.50. The van der Waals surface area contributed by atoms with Crippen LogP contribution in [0.1, 0.15) is 27.2 Å². The third-order valence-electron chi connectivity index (χ3n) is 4.52. The lowest BCUT2D eigenvalue weighted by Gasteiger charge is -2.38. The number of amides is 2. The number of piperazine rings is 1. The third-order valence-corrected chi connectivity index (χ3v) is 4.81. The molecule has 1 aromatic rings. The van der Waals surface area contributed by atoms with Gasteiger partial charge in [-0.1, -0.05) is 12.1 Å². The Bertz CT molecular complexity index is 681. The van der Waals surface area contributed by atoms with E-state index < -0.39 is 5.60 Å². The minimum Gasteiger partial charge on any atom is -0.444 e. The van der Waals surface area contributed by atoms with Crippen molar-refractivity contribution in [1.29, 1.82) is 0 Å². The average Bonchev–Trinajstić information content (AvgIpc) is 2.92. The van der Waals surface area contributed by atoms with Crippen LogP contribution in [0.25, 0.3) is 0 Å². The van der Waals surface area contributed by atoms with Gasteiger partial charge in [-0.15, -0.1) is 11.6 Å². The Morgan fingerprint density at radius 3 is 2.27 bits per heavy atom. The van der Waals surface area contributed by atoms with Crippen LogP contribution in [-0.2, 0) is 9.53 Å². The number of halogens is 1. The standard InChI is InChI=1S/C19H26ClN3O3/c1-19(2,3)26-18(25)22-10-8-21(9-11-22)15-6-4-5-7-16(15)23-13-14(20)12-17(23)24/h4-7,14H,8-13H2,1-3H3. The van der Waals surface area contributed by atoms with Crippen molar-refractivity contribution >= 4 is 35.0 Å². The molecule has 6 nitrogen and oxygen atoms in total. The number of nitrogens with zero attached hydrogens (tertiary/aromatic N) is 3. The van der Waals surface area contributed by atoms with E-state index in [-0.39, 0.29) is 17.4 Å². The number of ether oxygens (including phenoxy) is 1. The first kappa shape index (κ1) is 18.8. The average molecular weight is 380 g/mol. The molecular formula is C19H26ClN3O3. The molecule has 2 saturated heterocycles. The van der Waals surface area contributed by atoms with E-state index in [1.165, 1.54) is 0 Å². The third kappa shape index (κ3) is 4.23. The second-order valence-electron chi connectivity index (χ2n) is 7.75. The highest BCUT2D eigenvalue weighted by Crippen LogP contribution is 2.33. The van der Waals surface area contributed by atoms with Crippen LogP contribution in [0.5, 0.6) is 0 Å². The van der Waals surface area contributed by atoms with Crippen LogP contribution >= 0.6 is 11.6 Å². The van der Waals surface area contributed by atoms with Crippen molar-refractivity contribution in [3.8, 4) is 0 Å². The summed E-state index contributed by atoms with van der Waals surface area (Å²) in [5.41, 5.74) is 1.41. The zero-order chi connectivity index (χ0) is 18.9. The van der Waals surface area contributed by atoms with E-state index in [0.29, 0.717) is 39.1 Å². The number of carbonyl (C=O) groups is 2. The van der Waals surface area contributed by atoms with E-state index in [1.54, 1.807) is 9.80 Å². The maximum Gasteiger partial charge on any atom is 0.410 e. The number of alkyl halides is 1. The Morgan fingerprint density at radius 1 is 1.12 bits per heavy atom. The van der Waals surface area contributed by atoms with Crippen molar-refractivity contribution in [3.05, 3.63) is 24.3 Å². The number of rotatable bonds is 2. The fourth-order valence-corrected chi connectivity index (χ4v) is 3.58. The lowest BCUT2D eigenvalue weighted by molar-refractivity contribution is -0.117. The summed E-state index contributed by atoms with van der Waals surface area (Å²) < 4.78 is 5.45. The minimum atomic E-state index is -0.491. The smallest absolute Gasteiger partial charge is 0.410 e. The van der Waals surface area contributed by atoms with Gasteiger partial charge in [0.15, 0.2) is 0 Å². The van der Waals surface area contributed by atoms with Gasteiger partial charge in [-0.05, 0) is 32.9 Å². The van der Waals surface area contributed by atoms with Gasteiger partial charge in [0.2, 0.25) is 5.91 Å². The second kappa shape index (κ2) is 7.35. The first-order chi connectivity index (χ1) is 12.2. The molecule has 2 amide bonds. The van der Waals surface area contributed by atoms with E-state index in [9.17, 15) is 9.59 Å². The van der Waals surface area contributed by atoms with Crippen molar-refractivity contribution in [2.45, 2.75) is 38.2 Å². The quantitative estimate of drug-likeness (QED) is 0.741. The monoisotopic (exact) mass is 379 g/mol. The second-order valence-corrected chi connectivity index (χ2v) is 8.37. The Kier molecular flexibility index (Phi) is 5.32. The van der Waals surface area contributed by atoms with Crippen LogP contribution in [0.15, 0.2) is 24.3 Å². The van der Waals surface area contributed by atoms with E-state index in [1.807, 2.05) is 45.0 Å². The lowest BCUT2D eigenvalue weighted by atomic mass is 10.2. The van der Waals surface area contributed by atoms with Gasteiger partial charge in [-0.25, -0.2) is 4.79 Å². The summed E-state index contributed by atoms with van der Waals surface area (Å²) in [7, 11) is 0. The Labute approximate surface area is 159 Å². The number of carbonyl (C=O) groups excluding carboxylic acids is 2. The van der Waals surface area contributed by atoms with Crippen LogP contribution in [0.3, 0.4) is 0 Å². The predicted octanol–water partition coefficient (Wildman–Crippen LogP) is 3.09. The molecule has 2 aliphatic heterocycles. The highest BCUT2D eigenvalue weighted by molar-refractivity contribution is 6.24. The van der Waals surface area contributed by atoms with E-state index in [4.69, 9.17) is 16.3 Å². The maximum atomic E-state index is 12.2. The van der Waals surface area contributed by atoms with Crippen LogP contribution in [0.2, 0.25) is 0 Å². The number of hydrogen-bond acceptors (Lipinski definition) is 4. The maximum absolute atomic E-state index is 12.2. The van der Waals surface area contributed by atoms with Crippen molar-refractivity contribution in [2.24, 2.45) is 0 Å². The molecule has 0 aliphatic carbocycles. The molecule has 0 bridgehead atoms. The van der Waals surface area contributed by atoms with Gasteiger partial charge < -0.3 is 19.4 Å². The van der Waals surface area contributed by atoms with Crippen molar-refractivity contribution in [2.75, 3.05) is 42.5 Å². The highest BCUT2D eigenvalue weighted by atomic mass is 35.5. The van der Waals surface area contributed by atoms with E-state index >= 15 is 0 Å². The zero-order valence-corrected chi connectivity index (χ0v) is 16.3. The summed E-state index contributed by atoms with van der Waals surface area (Å²) in [5, 5.41) is -0.139. The highest BCUT2D eigenvalue weighted by Gasteiger charge is 2.32. The van der Waals surface area contributed by atoms with Gasteiger partial charge in [0.05, 0.1) is 16.8 Å². The Hall–Kier alpha value is -1.95. The normalized spacial score (nSPS) is 21.3. The molecule has 0 radical (unpaired) electrons. The molecule has 1 unspecified atom stereocenters. The molecule has 1 atom stereocenters. The van der Waals surface area contributed by atoms with Crippen LogP contribution < -0.4 is 9.80 Å². The summed E-state index contributed by atoms with van der Waals surface area (Å²) in [5.74, 6) is 0.0600. The van der Waals surface area contributed by atoms with E-state index in [0.717, 1.165) is 11.4 Å². The molecule has 0 saturated carbocycles. The largest absolute Gasteiger partial charge is 0.444 e. The molecule has 2 heterocycles. The molecule has 142 valence electrons. The molecule has 3 rings (SSSR count). The van der Waals surface area contributed by atoms with Gasteiger partial charge >= 0.3 is 6.09 Å². The molecule has 7 heteroatoms. The van der Waals surface area contributed by atoms with Crippen molar-refractivity contribution in [1.82, 2.24) is 4.90 Å². The van der Waals surface area contributed by atoms with Crippen molar-refractivity contribution < 1.29 is 14.3 Å². The molecule has 1 aromatic carbocycles. The number of para-hydroxylation sites is 2. The van der Waals surface area contributed by atoms with Crippen LogP contribution in [0.4, 0.5) is 16.2 Å². The number of benzene rings is 1. The summed E-state index contributed by atoms with van der Waals surface area (Å²) in [6, 6.07) is 7.89.